The highest BCUT2D eigenvalue weighted by Crippen LogP contribution is 2.38. The average molecular weight is 593 g/mol. The Labute approximate surface area is 223 Å². The fourth-order valence-corrected chi connectivity index (χ4v) is 5.48. The summed E-state index contributed by atoms with van der Waals surface area (Å²) < 4.78 is 47.6. The van der Waals surface area contributed by atoms with Gasteiger partial charge in [-0.15, -0.1) is 23.7 Å². The fourth-order valence-electron chi connectivity index (χ4n) is 3.20. The minimum Gasteiger partial charge on any atom is -0.490 e. The van der Waals surface area contributed by atoms with Gasteiger partial charge in [-0.05, 0) is 45.0 Å². The van der Waals surface area contributed by atoms with E-state index in [2.05, 4.69) is 24.8 Å². The van der Waals surface area contributed by atoms with Gasteiger partial charge >= 0.3 is 7.82 Å². The molecule has 12 nitrogen and oxygen atoms in total. The highest BCUT2D eigenvalue weighted by Gasteiger charge is 2.34. The topological polar surface area (TPSA) is 192 Å². The number of phosphoric acid groups is 1. The van der Waals surface area contributed by atoms with Gasteiger partial charge in [0.05, 0.1) is 32.6 Å². The van der Waals surface area contributed by atoms with Crippen LogP contribution in [0, 0.1) is 0 Å². The first kappa shape index (κ1) is 30.8. The molecule has 5 N–H and O–H groups in total. The smallest absolute Gasteiger partial charge is 0.469 e. The maximum Gasteiger partial charge on any atom is 0.469 e. The summed E-state index contributed by atoms with van der Waals surface area (Å²) in [6.45, 7) is 3.98. The number of nitrogens with one attached hydrogen (secondary N) is 1. The molecule has 0 aliphatic carbocycles. The number of hydrogen-bond acceptors (Lipinski definition) is 10. The Morgan fingerprint density at radius 3 is 2.46 bits per heavy atom. The molecule has 0 aliphatic rings. The molecular weight excluding hydrogens is 567 g/mol. The van der Waals surface area contributed by atoms with Crippen molar-refractivity contribution in [2.24, 2.45) is 0 Å². The zero-order chi connectivity index (χ0) is 25.4. The van der Waals surface area contributed by atoms with E-state index in [1.807, 2.05) is 18.2 Å². The number of aromatic nitrogens is 3. The van der Waals surface area contributed by atoms with E-state index in [0.717, 1.165) is 15.9 Å². The molecule has 2 heterocycles. The number of phosphoric ester groups is 1. The molecule has 0 atom stereocenters. The number of halogens is 1. The third-order valence-electron chi connectivity index (χ3n) is 4.99. The summed E-state index contributed by atoms with van der Waals surface area (Å²) in [6.07, 6.45) is 1.34. The van der Waals surface area contributed by atoms with Crippen molar-refractivity contribution in [2.45, 2.75) is 30.4 Å². The third kappa shape index (κ3) is 6.92. The van der Waals surface area contributed by atoms with Crippen molar-refractivity contribution in [1.82, 2.24) is 15.0 Å². The second-order valence-corrected chi connectivity index (χ2v) is 13.3. The zero-order valence-corrected chi connectivity index (χ0v) is 23.2. The quantitative estimate of drug-likeness (QED) is 0.200. The van der Waals surface area contributed by atoms with Crippen LogP contribution in [0.2, 0.25) is 0 Å². The van der Waals surface area contributed by atoms with Gasteiger partial charge in [0.15, 0.2) is 9.84 Å². The van der Waals surface area contributed by atoms with Crippen LogP contribution in [0.3, 0.4) is 0 Å². The molecule has 0 spiro atoms. The largest absolute Gasteiger partial charge is 0.490 e. The number of benzene rings is 2. The van der Waals surface area contributed by atoms with Crippen LogP contribution < -0.4 is 10.1 Å². The summed E-state index contributed by atoms with van der Waals surface area (Å²) in [5, 5.41) is 3.66. The summed E-state index contributed by atoms with van der Waals surface area (Å²) >= 11 is 1.53. The van der Waals surface area contributed by atoms with E-state index in [0.29, 0.717) is 16.7 Å². The monoisotopic (exact) mass is 592 g/mol. The number of fused-ring (bicyclic) bond motifs is 2. The molecule has 0 radical (unpaired) electrons. The van der Waals surface area contributed by atoms with Crippen molar-refractivity contribution in [3.63, 3.8) is 0 Å². The number of thiazole rings is 1. The van der Waals surface area contributed by atoms with E-state index in [1.54, 1.807) is 26.3 Å². The van der Waals surface area contributed by atoms with Crippen LogP contribution in [0.5, 0.6) is 5.75 Å². The van der Waals surface area contributed by atoms with Crippen LogP contribution in [0.4, 0.5) is 11.5 Å². The molecule has 0 unspecified atom stereocenters. The maximum absolute atomic E-state index is 13.4. The third-order valence-corrected chi connectivity index (χ3v) is 8.83. The highest BCUT2D eigenvalue weighted by molar-refractivity contribution is 7.92. The lowest BCUT2D eigenvalue weighted by Crippen LogP contribution is -2.28. The standard InChI is InChI=1S/C21H23N4O7PS2.ClH.H2O/c1-21(2,3)35(29,30)19-9-14-15(10-17(19)31-6-7-32-33(26,27)28)22-11-23-20(14)25-13-4-5-18-16(8-13)24-12-34-18;;/h4-5,8-12H,6-7H2,1-3H3,(H,22,23,25)(H2,26,27,28);1H;1H2. The Kier molecular flexibility index (Phi) is 9.61. The van der Waals surface area contributed by atoms with Gasteiger partial charge in [0.25, 0.3) is 0 Å². The highest BCUT2D eigenvalue weighted by atomic mass is 35.5. The van der Waals surface area contributed by atoms with E-state index in [1.165, 1.54) is 29.8 Å². The van der Waals surface area contributed by atoms with Crippen LogP contribution >= 0.6 is 31.6 Å². The van der Waals surface area contributed by atoms with Gasteiger partial charge < -0.3 is 25.3 Å². The number of rotatable bonds is 8. The molecule has 0 fully saturated rings. The van der Waals surface area contributed by atoms with Crippen molar-refractivity contribution in [2.75, 3.05) is 18.5 Å². The van der Waals surface area contributed by atoms with Gasteiger partial charge in [-0.1, -0.05) is 0 Å². The fraction of sp³-hybridized carbons (Fsp3) is 0.286. The molecule has 4 rings (SSSR count). The molecule has 2 aromatic heterocycles. The maximum atomic E-state index is 13.4. The summed E-state index contributed by atoms with van der Waals surface area (Å²) in [4.78, 5) is 30.5. The summed E-state index contributed by atoms with van der Waals surface area (Å²) in [5.41, 5.74) is 3.71. The van der Waals surface area contributed by atoms with E-state index in [4.69, 9.17) is 14.5 Å². The Morgan fingerprint density at radius 2 is 1.78 bits per heavy atom. The minimum absolute atomic E-state index is 0. The van der Waals surface area contributed by atoms with E-state index >= 15 is 0 Å². The first-order chi connectivity index (χ1) is 16.3. The summed E-state index contributed by atoms with van der Waals surface area (Å²) in [5.74, 6) is 0.390. The van der Waals surface area contributed by atoms with Crippen molar-refractivity contribution >= 4 is 74.0 Å². The lowest BCUT2D eigenvalue weighted by atomic mass is 10.2. The first-order valence-corrected chi connectivity index (χ1v) is 14.2. The molecule has 202 valence electrons. The Morgan fingerprint density at radius 1 is 1.05 bits per heavy atom. The van der Waals surface area contributed by atoms with Gasteiger partial charge in [-0.2, -0.15) is 0 Å². The molecule has 0 bridgehead atoms. The van der Waals surface area contributed by atoms with Gasteiger partial charge in [-0.3, -0.25) is 4.52 Å². The number of nitrogens with zero attached hydrogens (tertiary/aromatic N) is 3. The van der Waals surface area contributed by atoms with Crippen LogP contribution in [-0.2, 0) is 18.9 Å². The molecule has 0 saturated carbocycles. The second kappa shape index (κ2) is 11.5. The second-order valence-electron chi connectivity index (χ2n) is 8.49. The SMILES string of the molecule is CC(C)(C)S(=O)(=O)c1cc2c(Nc3ccc4scnc4c3)ncnc2cc1OCCOP(=O)(O)O.Cl.O. The Hall–Kier alpha value is -2.42. The van der Waals surface area contributed by atoms with Crippen molar-refractivity contribution in [3.8, 4) is 5.75 Å². The molecule has 0 aliphatic heterocycles. The van der Waals surface area contributed by atoms with E-state index in [9.17, 15) is 13.0 Å². The molecular formula is C21H26ClN4O8PS2. The van der Waals surface area contributed by atoms with Crippen LogP contribution in [0.15, 0.2) is 47.1 Å². The zero-order valence-electron chi connectivity index (χ0n) is 19.9. The lowest BCUT2D eigenvalue weighted by molar-refractivity contribution is 0.159. The lowest BCUT2D eigenvalue weighted by Gasteiger charge is -2.22. The Balaban J connectivity index is 0.00000241. The number of ether oxygens (including phenoxy) is 1. The van der Waals surface area contributed by atoms with Gasteiger partial charge in [0.1, 0.15) is 29.4 Å². The van der Waals surface area contributed by atoms with Gasteiger partial charge in [0.2, 0.25) is 0 Å². The van der Waals surface area contributed by atoms with Crippen molar-refractivity contribution < 1.29 is 37.5 Å². The molecule has 4 aromatic rings. The van der Waals surface area contributed by atoms with E-state index < -0.39 is 29.0 Å². The van der Waals surface area contributed by atoms with Crippen LogP contribution in [0.1, 0.15) is 20.8 Å². The van der Waals surface area contributed by atoms with E-state index in [-0.39, 0.29) is 35.1 Å². The summed E-state index contributed by atoms with van der Waals surface area (Å²) in [7, 11) is -8.57. The molecule has 16 heteroatoms. The first-order valence-electron chi connectivity index (χ1n) is 10.3. The van der Waals surface area contributed by atoms with Crippen molar-refractivity contribution in [1.29, 1.82) is 0 Å². The number of hydrogen-bond donors (Lipinski definition) is 3. The van der Waals surface area contributed by atoms with Crippen LogP contribution in [-0.4, -0.2) is 56.6 Å². The molecule has 0 saturated heterocycles. The molecule has 0 amide bonds. The normalized spacial score (nSPS) is 12.1. The van der Waals surface area contributed by atoms with Crippen LogP contribution in [0.25, 0.3) is 21.1 Å². The predicted molar refractivity (Wildman–Crippen MR) is 144 cm³/mol. The van der Waals surface area contributed by atoms with Gasteiger partial charge in [0, 0.05) is 17.1 Å². The van der Waals surface area contributed by atoms with Gasteiger partial charge in [-0.25, -0.2) is 27.9 Å². The molecule has 37 heavy (non-hydrogen) atoms. The number of anilines is 2. The number of sulfone groups is 1. The molecule has 2 aromatic carbocycles. The Bertz CT molecular complexity index is 1550. The summed E-state index contributed by atoms with van der Waals surface area (Å²) in [6, 6.07) is 8.57. The average Bonchev–Trinajstić information content (AvgIpc) is 3.23. The minimum atomic E-state index is -4.68. The predicted octanol–water partition coefficient (Wildman–Crippen LogP) is 3.64. The van der Waals surface area contributed by atoms with Crippen molar-refractivity contribution in [3.05, 3.63) is 42.2 Å².